The van der Waals surface area contributed by atoms with Crippen LogP contribution in [0, 0.1) is 5.92 Å². The van der Waals surface area contributed by atoms with Gasteiger partial charge in [-0.05, 0) is 35.3 Å². The van der Waals surface area contributed by atoms with E-state index in [0.717, 1.165) is 41.1 Å². The fourth-order valence-corrected chi connectivity index (χ4v) is 4.77. The summed E-state index contributed by atoms with van der Waals surface area (Å²) in [5.41, 5.74) is 3.73. The number of halogens is 2. The molecule has 4 aromatic rings. The van der Waals surface area contributed by atoms with E-state index in [4.69, 9.17) is 40.5 Å². The third-order valence-electron chi connectivity index (χ3n) is 6.23. The van der Waals surface area contributed by atoms with E-state index in [2.05, 4.69) is 28.6 Å². The predicted octanol–water partition coefficient (Wildman–Crippen LogP) is 7.50. The second-order valence-corrected chi connectivity index (χ2v) is 9.40. The first-order valence-corrected chi connectivity index (χ1v) is 13.1. The number of ether oxygens (including phenoxy) is 2. The minimum absolute atomic E-state index is 0.0778. The molecule has 0 spiro atoms. The van der Waals surface area contributed by atoms with Crippen LogP contribution in [0.5, 0.6) is 0 Å². The summed E-state index contributed by atoms with van der Waals surface area (Å²) in [4.78, 5) is 4.48. The van der Waals surface area contributed by atoms with Gasteiger partial charge in [-0.15, -0.1) is 5.98 Å². The van der Waals surface area contributed by atoms with Gasteiger partial charge in [0.25, 0.3) is 0 Å². The summed E-state index contributed by atoms with van der Waals surface area (Å²) in [6, 6.07) is 25.4. The van der Waals surface area contributed by atoms with Crippen molar-refractivity contribution in [2.24, 2.45) is 5.92 Å². The number of nitrogens with zero attached hydrogens (tertiary/aromatic N) is 2. The largest absolute Gasteiger partial charge is 0.350 e. The summed E-state index contributed by atoms with van der Waals surface area (Å²) >= 11 is 12.3. The van der Waals surface area contributed by atoms with Gasteiger partial charge < -0.3 is 14.0 Å². The summed E-state index contributed by atoms with van der Waals surface area (Å²) in [5, 5.41) is 1.31. The molecule has 1 fully saturated rings. The van der Waals surface area contributed by atoms with Gasteiger partial charge >= 0.3 is 0 Å². The van der Waals surface area contributed by atoms with E-state index >= 15 is 0 Å². The average molecular weight is 531 g/mol. The normalized spacial score (nSPS) is 14.0. The topological polar surface area (TPSA) is 36.3 Å². The maximum absolute atomic E-state index is 6.16. The first-order chi connectivity index (χ1) is 18.1. The maximum Gasteiger partial charge on any atom is 0.162 e. The highest BCUT2D eigenvalue weighted by atomic mass is 35.5. The van der Waals surface area contributed by atoms with Crippen molar-refractivity contribution < 1.29 is 9.47 Å². The highest BCUT2D eigenvalue weighted by molar-refractivity contribution is 6.35. The Balaban J connectivity index is 0.000000176. The Hall–Kier alpha value is -2.83. The number of hydrogen-bond acceptors (Lipinski definition) is 3. The highest BCUT2D eigenvalue weighted by Crippen LogP contribution is 2.32. The van der Waals surface area contributed by atoms with Crippen molar-refractivity contribution in [3.8, 4) is 11.4 Å². The molecule has 7 heteroatoms. The predicted molar refractivity (Wildman–Crippen MR) is 153 cm³/mol. The van der Waals surface area contributed by atoms with Crippen LogP contribution in [0.15, 0.2) is 97.2 Å². The zero-order valence-electron chi connectivity index (χ0n) is 20.8. The lowest BCUT2D eigenvalue weighted by Gasteiger charge is -2.22. The van der Waals surface area contributed by atoms with Crippen LogP contribution in [0.25, 0.3) is 17.0 Å². The van der Waals surface area contributed by atoms with E-state index < -0.39 is 0 Å². The van der Waals surface area contributed by atoms with Crippen LogP contribution >= 0.6 is 23.2 Å². The van der Waals surface area contributed by atoms with Gasteiger partial charge in [0.05, 0.1) is 13.2 Å². The van der Waals surface area contributed by atoms with E-state index in [0.29, 0.717) is 29.2 Å². The van der Waals surface area contributed by atoms with Crippen molar-refractivity contribution >= 4 is 36.6 Å². The molecule has 37 heavy (non-hydrogen) atoms. The van der Waals surface area contributed by atoms with Crippen molar-refractivity contribution in [1.29, 1.82) is 0 Å². The number of hydrogen-bond donors (Lipinski definition) is 0. The number of rotatable bonds is 7. The first kappa shape index (κ1) is 27.2. The van der Waals surface area contributed by atoms with Crippen molar-refractivity contribution in [2.75, 3.05) is 13.2 Å². The van der Waals surface area contributed by atoms with E-state index in [1.54, 1.807) is 0 Å². The van der Waals surface area contributed by atoms with Gasteiger partial charge in [-0.1, -0.05) is 96.9 Å². The molecule has 0 saturated carbocycles. The fraction of sp³-hybridized carbons (Fsp3) is 0.233. The summed E-state index contributed by atoms with van der Waals surface area (Å²) in [6.45, 7) is 4.45. The minimum atomic E-state index is -0.0778. The van der Waals surface area contributed by atoms with Gasteiger partial charge in [-0.2, -0.15) is 0 Å². The zero-order valence-corrected chi connectivity index (χ0v) is 22.3. The molecule has 0 bridgehead atoms. The monoisotopic (exact) mass is 530 g/mol. The van der Waals surface area contributed by atoms with Crippen LogP contribution in [0.1, 0.15) is 24.5 Å². The summed E-state index contributed by atoms with van der Waals surface area (Å²) in [7, 11) is 5.70. The van der Waals surface area contributed by atoms with E-state index in [1.807, 2.05) is 79.1 Å². The lowest BCUT2D eigenvalue weighted by molar-refractivity contribution is -0.0883. The Morgan fingerprint density at radius 1 is 0.946 bits per heavy atom. The standard InChI is InChI=1S/C16H20N2O2.C14H9BCl2/c1-2-13(16-19-10-11-20-16)12-18-9-8-17-15(18)14-6-4-3-5-7-14;15-9-12(10-5-1-3-7-13(10)16)11-6-2-4-8-14(11)17/h3-9,13,16H,2,10-12H2,1H3;1-9H. The van der Waals surface area contributed by atoms with Gasteiger partial charge in [0, 0.05) is 40.5 Å². The molecular weight excluding hydrogens is 502 g/mol. The lowest BCUT2D eigenvalue weighted by atomic mass is 9.92. The molecule has 3 aromatic carbocycles. The van der Waals surface area contributed by atoms with Crippen LogP contribution in [-0.4, -0.2) is 36.9 Å². The molecule has 188 valence electrons. The molecule has 5 rings (SSSR count). The third-order valence-corrected chi connectivity index (χ3v) is 6.89. The molecule has 1 unspecified atom stereocenters. The SMILES string of the molecule is CCC(Cn1ccnc1-c1ccccc1)C1OCCO1.[B]C=C(c1ccccc1Cl)c1ccccc1Cl. The van der Waals surface area contributed by atoms with E-state index in [9.17, 15) is 0 Å². The van der Waals surface area contributed by atoms with Crippen molar-refractivity contribution in [3.63, 3.8) is 0 Å². The van der Waals surface area contributed by atoms with Gasteiger partial charge in [0.15, 0.2) is 6.29 Å². The Morgan fingerprint density at radius 3 is 2.05 bits per heavy atom. The molecule has 2 radical (unpaired) electrons. The average Bonchev–Trinajstić information content (AvgIpc) is 3.63. The minimum Gasteiger partial charge on any atom is -0.350 e. The maximum atomic E-state index is 6.16. The van der Waals surface area contributed by atoms with Crippen LogP contribution in [0.4, 0.5) is 0 Å². The molecule has 1 atom stereocenters. The second-order valence-electron chi connectivity index (χ2n) is 8.59. The smallest absolute Gasteiger partial charge is 0.162 e. The molecule has 0 amide bonds. The van der Waals surface area contributed by atoms with E-state index in [-0.39, 0.29) is 6.29 Å². The Kier molecular flexibility index (Phi) is 10.0. The molecular formula is C30H29BCl2N2O2. The third kappa shape index (κ3) is 6.94. The summed E-state index contributed by atoms with van der Waals surface area (Å²) in [6.07, 6.45) is 4.83. The molecule has 0 aliphatic carbocycles. The number of benzene rings is 3. The van der Waals surface area contributed by atoms with Gasteiger partial charge in [-0.25, -0.2) is 4.98 Å². The van der Waals surface area contributed by atoms with Gasteiger partial charge in [0.1, 0.15) is 13.7 Å². The first-order valence-electron chi connectivity index (χ1n) is 12.3. The molecule has 1 aliphatic heterocycles. The van der Waals surface area contributed by atoms with Crippen LogP contribution in [-0.2, 0) is 16.0 Å². The molecule has 0 N–H and O–H groups in total. The van der Waals surface area contributed by atoms with Crippen molar-refractivity contribution in [1.82, 2.24) is 9.55 Å². The van der Waals surface area contributed by atoms with Crippen molar-refractivity contribution in [3.05, 3.63) is 118 Å². The summed E-state index contributed by atoms with van der Waals surface area (Å²) < 4.78 is 13.5. The molecule has 4 nitrogen and oxygen atoms in total. The fourth-order valence-electron chi connectivity index (χ4n) is 4.30. The number of imidazole rings is 1. The highest BCUT2D eigenvalue weighted by Gasteiger charge is 2.26. The van der Waals surface area contributed by atoms with Gasteiger partial charge in [0.2, 0.25) is 0 Å². The van der Waals surface area contributed by atoms with Crippen LogP contribution in [0.2, 0.25) is 10.0 Å². The zero-order chi connectivity index (χ0) is 26.0. The Labute approximate surface area is 230 Å². The summed E-state index contributed by atoms with van der Waals surface area (Å²) in [5.74, 6) is 2.89. The van der Waals surface area contributed by atoms with Gasteiger partial charge in [-0.3, -0.25) is 0 Å². The van der Waals surface area contributed by atoms with Crippen LogP contribution in [0.3, 0.4) is 0 Å². The van der Waals surface area contributed by atoms with Crippen molar-refractivity contribution in [2.45, 2.75) is 26.2 Å². The molecule has 1 aromatic heterocycles. The molecule has 1 aliphatic rings. The van der Waals surface area contributed by atoms with E-state index in [1.165, 1.54) is 5.98 Å². The Morgan fingerprint density at radius 2 is 1.51 bits per heavy atom. The molecule has 1 saturated heterocycles. The Bertz CT molecular complexity index is 1260. The quantitative estimate of drug-likeness (QED) is 0.232. The second kappa shape index (κ2) is 13.6. The number of aromatic nitrogens is 2. The lowest BCUT2D eigenvalue weighted by Crippen LogP contribution is -2.25. The van der Waals surface area contributed by atoms with Crippen LogP contribution < -0.4 is 0 Å². The molecule has 2 heterocycles.